The third-order valence-corrected chi connectivity index (χ3v) is 2.96. The summed E-state index contributed by atoms with van der Waals surface area (Å²) < 4.78 is 0. The van der Waals surface area contributed by atoms with Crippen LogP contribution in [0.15, 0.2) is 18.2 Å². The first-order valence-corrected chi connectivity index (χ1v) is 6.27. The molecule has 20 heavy (non-hydrogen) atoms. The van der Waals surface area contributed by atoms with Gasteiger partial charge in [-0.05, 0) is 23.1 Å². The number of nitrogens with one attached hydrogen (secondary N) is 2. The number of imidazole rings is 1. The average molecular weight is 275 g/mol. The smallest absolute Gasteiger partial charge is 0.322 e. The quantitative estimate of drug-likeness (QED) is 0.794. The van der Waals surface area contributed by atoms with E-state index >= 15 is 0 Å². The number of nitrogens with zero attached hydrogens (tertiary/aromatic N) is 1. The first kappa shape index (κ1) is 14.0. The van der Waals surface area contributed by atoms with Crippen molar-refractivity contribution in [1.82, 2.24) is 15.3 Å². The molecule has 1 heterocycles. The molecule has 0 atom stereocenters. The van der Waals surface area contributed by atoms with E-state index < -0.39 is 18.4 Å². The molecule has 3 N–H and O–H groups in total. The van der Waals surface area contributed by atoms with E-state index in [0.717, 1.165) is 11.1 Å². The normalized spacial score (nSPS) is 11.6. The van der Waals surface area contributed by atoms with Crippen molar-refractivity contribution >= 4 is 22.9 Å². The van der Waals surface area contributed by atoms with Crippen LogP contribution in [0.2, 0.25) is 0 Å². The molecule has 2 rings (SSSR count). The van der Waals surface area contributed by atoms with Gasteiger partial charge in [0.1, 0.15) is 6.54 Å². The second-order valence-electron chi connectivity index (χ2n) is 5.64. The number of rotatable bonds is 3. The highest BCUT2D eigenvalue weighted by Crippen LogP contribution is 2.25. The number of carboxylic acid groups (broad SMARTS) is 1. The Balaban J connectivity index is 2.29. The van der Waals surface area contributed by atoms with Gasteiger partial charge in [0, 0.05) is 0 Å². The minimum atomic E-state index is -1.09. The van der Waals surface area contributed by atoms with Crippen LogP contribution in [0, 0.1) is 0 Å². The molecule has 6 nitrogen and oxygen atoms in total. The Labute approximate surface area is 116 Å². The number of aliphatic carboxylic acids is 1. The topological polar surface area (TPSA) is 95.1 Å². The highest BCUT2D eigenvalue weighted by Gasteiger charge is 2.16. The molecule has 0 aliphatic heterocycles. The van der Waals surface area contributed by atoms with Crippen LogP contribution < -0.4 is 5.32 Å². The van der Waals surface area contributed by atoms with Crippen LogP contribution in [0.5, 0.6) is 0 Å². The molecule has 1 amide bonds. The summed E-state index contributed by atoms with van der Waals surface area (Å²) in [5, 5.41) is 10.8. The summed E-state index contributed by atoms with van der Waals surface area (Å²) in [6.07, 6.45) is 0. The van der Waals surface area contributed by atoms with Gasteiger partial charge in [0.25, 0.3) is 5.91 Å². The molecule has 0 saturated heterocycles. The average Bonchev–Trinajstić information content (AvgIpc) is 2.77. The number of aromatic amines is 1. The van der Waals surface area contributed by atoms with Crippen molar-refractivity contribution in [1.29, 1.82) is 0 Å². The molecule has 1 aromatic carbocycles. The number of fused-ring (bicyclic) bond motifs is 1. The van der Waals surface area contributed by atoms with Crippen molar-refractivity contribution in [2.45, 2.75) is 26.2 Å². The van der Waals surface area contributed by atoms with Crippen LogP contribution in [0.1, 0.15) is 37.0 Å². The Bertz CT molecular complexity index is 668. The zero-order chi connectivity index (χ0) is 14.9. The molecule has 1 aromatic heterocycles. The molecule has 6 heteroatoms. The highest BCUT2D eigenvalue weighted by atomic mass is 16.4. The fourth-order valence-electron chi connectivity index (χ4n) is 1.82. The van der Waals surface area contributed by atoms with E-state index in [4.69, 9.17) is 5.11 Å². The zero-order valence-corrected chi connectivity index (χ0v) is 11.7. The number of amides is 1. The molecule has 0 bridgehead atoms. The van der Waals surface area contributed by atoms with Crippen molar-refractivity contribution < 1.29 is 14.7 Å². The molecular formula is C14H17N3O3. The molecule has 0 spiro atoms. The summed E-state index contributed by atoms with van der Waals surface area (Å²) in [6.45, 7) is 5.88. The number of carbonyl (C=O) groups excluding carboxylic acids is 1. The van der Waals surface area contributed by atoms with E-state index in [0.29, 0.717) is 5.52 Å². The Morgan fingerprint density at radius 1 is 1.35 bits per heavy atom. The molecule has 106 valence electrons. The van der Waals surface area contributed by atoms with E-state index in [1.165, 1.54) is 0 Å². The van der Waals surface area contributed by atoms with Crippen LogP contribution in [0.25, 0.3) is 11.0 Å². The predicted molar refractivity (Wildman–Crippen MR) is 74.8 cm³/mol. The maximum atomic E-state index is 11.7. The Morgan fingerprint density at radius 2 is 2.05 bits per heavy atom. The summed E-state index contributed by atoms with van der Waals surface area (Å²) in [6, 6.07) is 5.78. The lowest BCUT2D eigenvalue weighted by atomic mass is 9.87. The van der Waals surface area contributed by atoms with Crippen molar-refractivity contribution in [2.75, 3.05) is 6.54 Å². The fourth-order valence-corrected chi connectivity index (χ4v) is 1.82. The summed E-state index contributed by atoms with van der Waals surface area (Å²) in [5.74, 6) is -1.50. The molecule has 0 fully saturated rings. The Morgan fingerprint density at radius 3 is 2.65 bits per heavy atom. The van der Waals surface area contributed by atoms with Gasteiger partial charge in [-0.25, -0.2) is 4.98 Å². The monoisotopic (exact) mass is 275 g/mol. The van der Waals surface area contributed by atoms with Crippen molar-refractivity contribution in [3.05, 3.63) is 29.6 Å². The van der Waals surface area contributed by atoms with Gasteiger partial charge in [-0.2, -0.15) is 0 Å². The van der Waals surface area contributed by atoms with Crippen LogP contribution in [0.3, 0.4) is 0 Å². The fraction of sp³-hybridized carbons (Fsp3) is 0.357. The first-order chi connectivity index (χ1) is 9.27. The van der Waals surface area contributed by atoms with E-state index in [9.17, 15) is 9.59 Å². The Kier molecular flexibility index (Phi) is 3.48. The molecule has 0 radical (unpaired) electrons. The number of benzene rings is 1. The van der Waals surface area contributed by atoms with Gasteiger partial charge in [0.05, 0.1) is 11.0 Å². The van der Waals surface area contributed by atoms with Gasteiger partial charge >= 0.3 is 5.97 Å². The lowest BCUT2D eigenvalue weighted by Crippen LogP contribution is -2.29. The zero-order valence-electron chi connectivity index (χ0n) is 11.7. The van der Waals surface area contributed by atoms with Crippen LogP contribution in [-0.4, -0.2) is 33.5 Å². The van der Waals surface area contributed by atoms with Gasteiger partial charge < -0.3 is 15.4 Å². The molecule has 0 aliphatic rings. The minimum absolute atomic E-state index is 0.00499. The second-order valence-corrected chi connectivity index (χ2v) is 5.64. The lowest BCUT2D eigenvalue weighted by Gasteiger charge is -2.18. The van der Waals surface area contributed by atoms with E-state index in [1.807, 2.05) is 18.2 Å². The first-order valence-electron chi connectivity index (χ1n) is 6.27. The summed E-state index contributed by atoms with van der Waals surface area (Å²) in [5.41, 5.74) is 2.58. The van der Waals surface area contributed by atoms with E-state index in [2.05, 4.69) is 36.1 Å². The summed E-state index contributed by atoms with van der Waals surface area (Å²) in [4.78, 5) is 29.2. The second kappa shape index (κ2) is 4.96. The third kappa shape index (κ3) is 2.96. The van der Waals surface area contributed by atoms with Gasteiger partial charge in [-0.1, -0.05) is 26.8 Å². The maximum absolute atomic E-state index is 11.7. The number of carboxylic acids is 1. The van der Waals surface area contributed by atoms with Crippen molar-refractivity contribution in [3.8, 4) is 0 Å². The van der Waals surface area contributed by atoms with Gasteiger partial charge in [-0.15, -0.1) is 0 Å². The lowest BCUT2D eigenvalue weighted by molar-refractivity contribution is -0.135. The van der Waals surface area contributed by atoms with Gasteiger partial charge in [0.15, 0.2) is 5.82 Å². The van der Waals surface area contributed by atoms with E-state index in [-0.39, 0.29) is 11.2 Å². The molecule has 2 aromatic rings. The summed E-state index contributed by atoms with van der Waals surface area (Å²) >= 11 is 0. The highest BCUT2D eigenvalue weighted by molar-refractivity contribution is 5.95. The van der Waals surface area contributed by atoms with Crippen molar-refractivity contribution in [3.63, 3.8) is 0 Å². The molecule has 0 unspecified atom stereocenters. The number of hydrogen-bond acceptors (Lipinski definition) is 3. The molecular weight excluding hydrogens is 258 g/mol. The van der Waals surface area contributed by atoms with Crippen LogP contribution in [-0.2, 0) is 10.2 Å². The molecule has 0 saturated carbocycles. The third-order valence-electron chi connectivity index (χ3n) is 2.96. The van der Waals surface area contributed by atoms with Crippen LogP contribution in [0.4, 0.5) is 0 Å². The number of aromatic nitrogens is 2. The SMILES string of the molecule is CC(C)(C)c1ccc2nc(C(=O)NCC(=O)O)[nH]c2c1. The maximum Gasteiger partial charge on any atom is 0.322 e. The number of hydrogen-bond donors (Lipinski definition) is 3. The van der Waals surface area contributed by atoms with Crippen molar-refractivity contribution in [2.24, 2.45) is 0 Å². The Hall–Kier alpha value is -2.37. The van der Waals surface area contributed by atoms with Gasteiger partial charge in [0.2, 0.25) is 0 Å². The largest absolute Gasteiger partial charge is 0.480 e. The minimum Gasteiger partial charge on any atom is -0.480 e. The molecule has 0 aliphatic carbocycles. The predicted octanol–water partition coefficient (Wildman–Crippen LogP) is 1.67. The number of H-pyrrole nitrogens is 1. The standard InChI is InChI=1S/C14H17N3O3/c1-14(2,3)8-4-5-9-10(6-8)17-12(16-9)13(20)15-7-11(18)19/h4-6H,7H2,1-3H3,(H,15,20)(H,16,17)(H,18,19). The summed E-state index contributed by atoms with van der Waals surface area (Å²) in [7, 11) is 0. The number of carbonyl (C=O) groups is 2. The van der Waals surface area contributed by atoms with Gasteiger partial charge in [-0.3, -0.25) is 9.59 Å². The van der Waals surface area contributed by atoms with Crippen LogP contribution >= 0.6 is 0 Å². The van der Waals surface area contributed by atoms with E-state index in [1.54, 1.807) is 0 Å².